The maximum atomic E-state index is 11.3. The van der Waals surface area contributed by atoms with Crippen LogP contribution in [0.5, 0.6) is 5.75 Å². The highest BCUT2D eigenvalue weighted by atomic mass is 16.6. The zero-order valence-electron chi connectivity index (χ0n) is 17.9. The van der Waals surface area contributed by atoms with Crippen molar-refractivity contribution in [2.24, 2.45) is 5.18 Å². The largest absolute Gasteiger partial charge is 0.482 e. The van der Waals surface area contributed by atoms with E-state index in [0.29, 0.717) is 11.4 Å². The molecule has 0 saturated carbocycles. The van der Waals surface area contributed by atoms with E-state index in [-0.39, 0.29) is 12.6 Å². The molecule has 0 radical (unpaired) electrons. The number of hydrogen-bond acceptors (Lipinski definition) is 8. The molecule has 2 heterocycles. The van der Waals surface area contributed by atoms with E-state index in [2.05, 4.69) is 26.3 Å². The summed E-state index contributed by atoms with van der Waals surface area (Å²) in [4.78, 5) is 31.3. The van der Waals surface area contributed by atoms with Crippen LogP contribution >= 0.6 is 0 Å². The number of aromatic nitrogens is 3. The molecule has 2 aromatic carbocycles. The molecule has 0 fully saturated rings. The Hall–Kier alpha value is -4.27. The molecule has 1 aliphatic rings. The number of aryl methyl sites for hydroxylation is 1. The van der Waals surface area contributed by atoms with Crippen molar-refractivity contribution < 1.29 is 14.3 Å². The third kappa shape index (κ3) is 4.00. The van der Waals surface area contributed by atoms with Gasteiger partial charge in [-0.25, -0.2) is 9.78 Å². The number of hydrogen-bond donors (Lipinski definition) is 1. The van der Waals surface area contributed by atoms with Crippen molar-refractivity contribution in [3.63, 3.8) is 0 Å². The van der Waals surface area contributed by atoms with E-state index >= 15 is 0 Å². The van der Waals surface area contributed by atoms with Crippen LogP contribution in [-0.2, 0) is 16.0 Å². The second-order valence-corrected chi connectivity index (χ2v) is 7.70. The van der Waals surface area contributed by atoms with Gasteiger partial charge >= 0.3 is 5.97 Å². The van der Waals surface area contributed by atoms with Crippen molar-refractivity contribution in [1.82, 2.24) is 14.4 Å². The Morgan fingerprint density at radius 1 is 1.24 bits per heavy atom. The van der Waals surface area contributed by atoms with Gasteiger partial charge in [0.2, 0.25) is 0 Å². The van der Waals surface area contributed by atoms with Crippen LogP contribution in [0, 0.1) is 4.91 Å². The van der Waals surface area contributed by atoms with Gasteiger partial charge in [-0.2, -0.15) is 4.91 Å². The van der Waals surface area contributed by atoms with Gasteiger partial charge in [0, 0.05) is 23.6 Å². The fourth-order valence-electron chi connectivity index (χ4n) is 4.06. The summed E-state index contributed by atoms with van der Waals surface area (Å²) in [6.45, 7) is -0.151. The van der Waals surface area contributed by atoms with E-state index in [1.54, 1.807) is 24.5 Å². The van der Waals surface area contributed by atoms with Crippen LogP contribution < -0.4 is 10.1 Å². The van der Waals surface area contributed by atoms with E-state index in [1.165, 1.54) is 7.11 Å². The zero-order valence-corrected chi connectivity index (χ0v) is 17.9. The molecule has 9 nitrogen and oxygen atoms in total. The van der Waals surface area contributed by atoms with Crippen molar-refractivity contribution in [3.05, 3.63) is 77.1 Å². The second kappa shape index (κ2) is 8.70. The first-order valence-electron chi connectivity index (χ1n) is 10.5. The van der Waals surface area contributed by atoms with Crippen LogP contribution in [-0.4, -0.2) is 34.1 Å². The van der Waals surface area contributed by atoms with Gasteiger partial charge < -0.3 is 14.8 Å². The summed E-state index contributed by atoms with van der Waals surface area (Å²) in [5, 5.41) is 6.73. The number of nitrogens with zero attached hydrogens (tertiary/aromatic N) is 4. The van der Waals surface area contributed by atoms with Crippen molar-refractivity contribution in [1.29, 1.82) is 0 Å². The molecular weight excluding hydrogens is 422 g/mol. The molecular formula is C24H21N5O4. The monoisotopic (exact) mass is 443 g/mol. The lowest BCUT2D eigenvalue weighted by Crippen LogP contribution is -2.12. The zero-order chi connectivity index (χ0) is 22.8. The summed E-state index contributed by atoms with van der Waals surface area (Å²) < 4.78 is 12.0. The number of benzene rings is 2. The van der Waals surface area contributed by atoms with E-state index in [9.17, 15) is 9.70 Å². The summed E-state index contributed by atoms with van der Waals surface area (Å²) in [6, 6.07) is 13.1. The topological polar surface area (TPSA) is 107 Å². The number of methoxy groups -OCH3 is 1. The highest BCUT2D eigenvalue weighted by Gasteiger charge is 2.23. The number of nitrogens with one attached hydrogen (secondary N) is 1. The van der Waals surface area contributed by atoms with Crippen molar-refractivity contribution in [2.45, 2.75) is 18.9 Å². The van der Waals surface area contributed by atoms with E-state index in [0.717, 1.165) is 46.7 Å². The molecule has 9 heteroatoms. The smallest absolute Gasteiger partial charge is 0.343 e. The lowest BCUT2D eigenvalue weighted by Gasteiger charge is -2.11. The van der Waals surface area contributed by atoms with Crippen LogP contribution in [0.15, 0.2) is 66.2 Å². The van der Waals surface area contributed by atoms with Gasteiger partial charge in [0.05, 0.1) is 13.3 Å². The average Bonchev–Trinajstić information content (AvgIpc) is 3.44. The average molecular weight is 443 g/mol. The number of carbonyl (C=O) groups excluding carboxylic acids is 1. The number of esters is 1. The first-order valence-corrected chi connectivity index (χ1v) is 10.5. The van der Waals surface area contributed by atoms with Gasteiger partial charge in [0.1, 0.15) is 23.3 Å². The molecule has 0 aliphatic heterocycles. The number of imidazole rings is 1. The lowest BCUT2D eigenvalue weighted by molar-refractivity contribution is -0.142. The normalized spacial score (nSPS) is 14.6. The van der Waals surface area contributed by atoms with Crippen LogP contribution in [0.2, 0.25) is 0 Å². The summed E-state index contributed by atoms with van der Waals surface area (Å²) in [7, 11) is 1.32. The molecule has 2 aromatic heterocycles. The molecule has 4 aromatic rings. The van der Waals surface area contributed by atoms with Crippen molar-refractivity contribution >= 4 is 23.1 Å². The fourth-order valence-corrected chi connectivity index (χ4v) is 4.06. The molecule has 5 rings (SSSR count). The summed E-state index contributed by atoms with van der Waals surface area (Å²) in [6.07, 6.45) is 6.83. The minimum Gasteiger partial charge on any atom is -0.482 e. The van der Waals surface area contributed by atoms with Gasteiger partial charge in [-0.05, 0) is 60.4 Å². The van der Waals surface area contributed by atoms with Gasteiger partial charge in [-0.3, -0.25) is 9.38 Å². The molecule has 1 atom stereocenters. The Labute approximate surface area is 189 Å². The quantitative estimate of drug-likeness (QED) is 0.332. The number of rotatable bonds is 7. The Balaban J connectivity index is 1.47. The molecule has 0 spiro atoms. The van der Waals surface area contributed by atoms with E-state index in [1.807, 2.05) is 34.9 Å². The molecule has 1 N–H and O–H groups in total. The summed E-state index contributed by atoms with van der Waals surface area (Å²) in [5.41, 5.74) is 5.36. The van der Waals surface area contributed by atoms with Gasteiger partial charge in [-0.15, -0.1) is 0 Å². The van der Waals surface area contributed by atoms with Gasteiger partial charge in [-0.1, -0.05) is 11.2 Å². The number of nitroso groups, excluding NO2 is 1. The number of fused-ring (bicyclic) bond motifs is 2. The van der Waals surface area contributed by atoms with Crippen LogP contribution in [0.3, 0.4) is 0 Å². The molecule has 0 bridgehead atoms. The molecule has 0 amide bonds. The number of ether oxygens (including phenoxy) is 2. The maximum Gasteiger partial charge on any atom is 0.343 e. The standard InChI is InChI=1S/C24H21N5O4/c1-32-22(30)14-33-18-6-2-15(3-7-18)23-24(29-11-10-25-13-21(29)27-23)26-17-5-8-19-16(12-17)4-9-20(19)28-31/h2-3,5-8,10-13,20,26H,4,9,14H2,1H3. The first-order chi connectivity index (χ1) is 16.2. The molecule has 0 saturated heterocycles. The third-order valence-corrected chi connectivity index (χ3v) is 5.72. The first kappa shape index (κ1) is 20.6. The predicted molar refractivity (Wildman–Crippen MR) is 123 cm³/mol. The van der Waals surface area contributed by atoms with Crippen LogP contribution in [0.4, 0.5) is 11.5 Å². The Morgan fingerprint density at radius 3 is 2.88 bits per heavy atom. The summed E-state index contributed by atoms with van der Waals surface area (Å²) in [5.74, 6) is 0.905. The third-order valence-electron chi connectivity index (χ3n) is 5.72. The minimum absolute atomic E-state index is 0.151. The lowest BCUT2D eigenvalue weighted by atomic mass is 10.1. The fraction of sp³-hybridized carbons (Fsp3) is 0.208. The van der Waals surface area contributed by atoms with Gasteiger partial charge in [0.25, 0.3) is 0 Å². The Morgan fingerprint density at radius 2 is 2.09 bits per heavy atom. The molecule has 1 unspecified atom stereocenters. The van der Waals surface area contributed by atoms with E-state index in [4.69, 9.17) is 9.72 Å². The molecule has 33 heavy (non-hydrogen) atoms. The Kier molecular flexibility index (Phi) is 5.43. The minimum atomic E-state index is -0.442. The van der Waals surface area contributed by atoms with Crippen LogP contribution in [0.25, 0.3) is 16.9 Å². The number of carbonyl (C=O) groups is 1. The highest BCUT2D eigenvalue weighted by Crippen LogP contribution is 2.37. The SMILES string of the molecule is COC(=O)COc1ccc(-c2nc3cnccn3c2Nc2ccc3c(c2)CCC3N=O)cc1. The van der Waals surface area contributed by atoms with Crippen LogP contribution in [0.1, 0.15) is 23.6 Å². The highest BCUT2D eigenvalue weighted by molar-refractivity contribution is 5.80. The van der Waals surface area contributed by atoms with Gasteiger partial charge in [0.15, 0.2) is 12.3 Å². The van der Waals surface area contributed by atoms with Crippen molar-refractivity contribution in [2.75, 3.05) is 19.0 Å². The van der Waals surface area contributed by atoms with E-state index < -0.39 is 5.97 Å². The predicted octanol–water partition coefficient (Wildman–Crippen LogP) is 4.45. The number of anilines is 2. The molecule has 1 aliphatic carbocycles. The van der Waals surface area contributed by atoms with Crippen molar-refractivity contribution in [3.8, 4) is 17.0 Å². The molecule has 166 valence electrons. The Bertz CT molecular complexity index is 1330. The maximum absolute atomic E-state index is 11.3. The second-order valence-electron chi connectivity index (χ2n) is 7.70. The summed E-state index contributed by atoms with van der Waals surface area (Å²) >= 11 is 0.